The Bertz CT molecular complexity index is 113. The highest BCUT2D eigenvalue weighted by atomic mass is 31.2. The Hall–Kier alpha value is 0.310. The Labute approximate surface area is 75.8 Å². The van der Waals surface area contributed by atoms with E-state index < -0.39 is 8.60 Å². The highest BCUT2D eigenvalue weighted by Gasteiger charge is 2.28. The molecule has 0 aliphatic rings. The molecule has 0 saturated heterocycles. The molecule has 0 atom stereocenters. The summed E-state index contributed by atoms with van der Waals surface area (Å²) in [5.74, 6) is 0. The summed E-state index contributed by atoms with van der Waals surface area (Å²) in [6, 6.07) is 0. The summed E-state index contributed by atoms with van der Waals surface area (Å²) in [6.45, 7) is 6.09. The molecule has 0 aliphatic heterocycles. The molecule has 12 heavy (non-hydrogen) atoms. The van der Waals surface area contributed by atoms with E-state index in [0.717, 1.165) is 25.7 Å². The standard InChI is InChI=1S/C8H19O3P/c1-4-7-8(5-2,6-3)11-12(9)10/h9-10H,4-7H2,1-3H3. The van der Waals surface area contributed by atoms with E-state index in [1.807, 2.05) is 13.8 Å². The molecule has 0 fully saturated rings. The van der Waals surface area contributed by atoms with E-state index in [1.54, 1.807) is 0 Å². The van der Waals surface area contributed by atoms with Gasteiger partial charge < -0.3 is 14.3 Å². The van der Waals surface area contributed by atoms with Crippen LogP contribution in [0, 0.1) is 0 Å². The van der Waals surface area contributed by atoms with Crippen LogP contribution in [0.15, 0.2) is 0 Å². The van der Waals surface area contributed by atoms with E-state index in [9.17, 15) is 0 Å². The Balaban J connectivity index is 4.13. The van der Waals surface area contributed by atoms with Gasteiger partial charge >= 0.3 is 8.60 Å². The SMILES string of the molecule is CCCC(CC)(CC)OP(O)O. The third-order valence-corrected chi connectivity index (χ3v) is 2.82. The zero-order valence-electron chi connectivity index (χ0n) is 8.08. The summed E-state index contributed by atoms with van der Waals surface area (Å²) in [4.78, 5) is 17.5. The van der Waals surface area contributed by atoms with E-state index in [4.69, 9.17) is 14.3 Å². The fraction of sp³-hybridized carbons (Fsp3) is 1.00. The second-order valence-electron chi connectivity index (χ2n) is 2.98. The molecular formula is C8H19O3P. The molecule has 0 rings (SSSR count). The van der Waals surface area contributed by atoms with Gasteiger partial charge in [0.15, 0.2) is 0 Å². The lowest BCUT2D eigenvalue weighted by molar-refractivity contribution is 0.0374. The van der Waals surface area contributed by atoms with Gasteiger partial charge in [-0.25, -0.2) is 0 Å². The molecule has 2 N–H and O–H groups in total. The second-order valence-corrected chi connectivity index (χ2v) is 3.67. The van der Waals surface area contributed by atoms with Gasteiger partial charge in [-0.2, -0.15) is 0 Å². The van der Waals surface area contributed by atoms with Crippen LogP contribution in [0.4, 0.5) is 0 Å². The maximum Gasteiger partial charge on any atom is 0.327 e. The van der Waals surface area contributed by atoms with Crippen molar-refractivity contribution >= 4 is 8.60 Å². The normalized spacial score (nSPS) is 12.5. The molecule has 0 aromatic heterocycles. The first-order valence-electron chi connectivity index (χ1n) is 4.47. The fourth-order valence-corrected chi connectivity index (χ4v) is 2.10. The average molecular weight is 194 g/mol. The van der Waals surface area contributed by atoms with Crippen molar-refractivity contribution in [2.75, 3.05) is 0 Å². The van der Waals surface area contributed by atoms with Crippen LogP contribution in [0.2, 0.25) is 0 Å². The molecule has 0 bridgehead atoms. The van der Waals surface area contributed by atoms with Crippen LogP contribution in [0.5, 0.6) is 0 Å². The maximum atomic E-state index is 8.77. The average Bonchev–Trinajstić information content (AvgIpc) is 2.03. The topological polar surface area (TPSA) is 49.7 Å². The third kappa shape index (κ3) is 3.81. The van der Waals surface area contributed by atoms with Gasteiger partial charge in [0.1, 0.15) is 0 Å². The third-order valence-electron chi connectivity index (χ3n) is 2.27. The molecule has 0 heterocycles. The maximum absolute atomic E-state index is 8.77. The molecule has 0 amide bonds. The van der Waals surface area contributed by atoms with Crippen molar-refractivity contribution in [1.29, 1.82) is 0 Å². The molecule has 3 nitrogen and oxygen atoms in total. The van der Waals surface area contributed by atoms with E-state index in [0.29, 0.717) is 0 Å². The van der Waals surface area contributed by atoms with Crippen molar-refractivity contribution in [1.82, 2.24) is 0 Å². The zero-order valence-corrected chi connectivity index (χ0v) is 8.97. The predicted octanol–water partition coefficient (Wildman–Crippen LogP) is 2.57. The van der Waals surface area contributed by atoms with E-state index in [-0.39, 0.29) is 5.60 Å². The summed E-state index contributed by atoms with van der Waals surface area (Å²) in [5.41, 5.74) is -0.316. The first-order valence-corrected chi connectivity index (χ1v) is 5.63. The molecule has 0 saturated carbocycles. The van der Waals surface area contributed by atoms with E-state index in [2.05, 4.69) is 6.92 Å². The first-order chi connectivity index (χ1) is 5.60. The Morgan fingerprint density at radius 1 is 1.17 bits per heavy atom. The Morgan fingerprint density at radius 2 is 1.67 bits per heavy atom. The molecule has 0 aliphatic carbocycles. The van der Waals surface area contributed by atoms with Crippen molar-refractivity contribution in [2.45, 2.75) is 52.1 Å². The van der Waals surface area contributed by atoms with Crippen molar-refractivity contribution in [3.63, 3.8) is 0 Å². The van der Waals surface area contributed by atoms with Gasteiger partial charge in [-0.15, -0.1) is 0 Å². The highest BCUT2D eigenvalue weighted by molar-refractivity contribution is 7.39. The highest BCUT2D eigenvalue weighted by Crippen LogP contribution is 2.39. The zero-order chi connectivity index (χ0) is 9.61. The van der Waals surface area contributed by atoms with Crippen LogP contribution in [0.1, 0.15) is 46.5 Å². The Kier molecular flexibility index (Phi) is 6.02. The minimum absolute atomic E-state index is 0.316. The van der Waals surface area contributed by atoms with Crippen molar-refractivity contribution in [3.8, 4) is 0 Å². The van der Waals surface area contributed by atoms with Gasteiger partial charge in [0.2, 0.25) is 0 Å². The van der Waals surface area contributed by atoms with Crippen molar-refractivity contribution in [2.24, 2.45) is 0 Å². The van der Waals surface area contributed by atoms with Gasteiger partial charge in [0, 0.05) is 0 Å². The summed E-state index contributed by atoms with van der Waals surface area (Å²) >= 11 is 0. The largest absolute Gasteiger partial charge is 0.328 e. The van der Waals surface area contributed by atoms with Crippen LogP contribution in [-0.2, 0) is 4.52 Å². The Morgan fingerprint density at radius 3 is 1.92 bits per heavy atom. The molecule has 0 aromatic rings. The number of rotatable bonds is 6. The molecule has 74 valence electrons. The summed E-state index contributed by atoms with van der Waals surface area (Å²) in [5, 5.41) is 0. The number of hydrogen-bond donors (Lipinski definition) is 2. The molecule has 4 heteroatoms. The minimum Gasteiger partial charge on any atom is -0.328 e. The summed E-state index contributed by atoms with van der Waals surface area (Å²) in [7, 11) is -2.21. The second kappa shape index (κ2) is 5.87. The van der Waals surface area contributed by atoms with Crippen LogP contribution in [0.3, 0.4) is 0 Å². The van der Waals surface area contributed by atoms with Gasteiger partial charge in [0.25, 0.3) is 0 Å². The monoisotopic (exact) mass is 194 g/mol. The quantitative estimate of drug-likeness (QED) is 0.639. The van der Waals surface area contributed by atoms with Gasteiger partial charge in [-0.3, -0.25) is 0 Å². The van der Waals surface area contributed by atoms with Crippen LogP contribution < -0.4 is 0 Å². The molecule has 0 unspecified atom stereocenters. The summed E-state index contributed by atoms with van der Waals surface area (Å²) in [6.07, 6.45) is 3.55. The van der Waals surface area contributed by atoms with E-state index >= 15 is 0 Å². The fourth-order valence-electron chi connectivity index (χ4n) is 1.41. The van der Waals surface area contributed by atoms with Gasteiger partial charge in [0.05, 0.1) is 5.60 Å². The van der Waals surface area contributed by atoms with Crippen LogP contribution in [0.25, 0.3) is 0 Å². The van der Waals surface area contributed by atoms with Crippen molar-refractivity contribution < 1.29 is 14.3 Å². The lowest BCUT2D eigenvalue weighted by atomic mass is 9.92. The molecular weight excluding hydrogens is 175 g/mol. The smallest absolute Gasteiger partial charge is 0.327 e. The first kappa shape index (κ1) is 12.3. The van der Waals surface area contributed by atoms with E-state index in [1.165, 1.54) is 0 Å². The summed E-state index contributed by atoms with van der Waals surface area (Å²) < 4.78 is 5.15. The molecule has 0 spiro atoms. The predicted molar refractivity (Wildman–Crippen MR) is 50.7 cm³/mol. The molecule has 0 radical (unpaired) electrons. The lowest BCUT2D eigenvalue weighted by Gasteiger charge is -2.31. The molecule has 0 aromatic carbocycles. The van der Waals surface area contributed by atoms with Crippen molar-refractivity contribution in [3.05, 3.63) is 0 Å². The number of hydrogen-bond acceptors (Lipinski definition) is 3. The minimum atomic E-state index is -2.21. The van der Waals surface area contributed by atoms with Crippen LogP contribution >= 0.6 is 8.60 Å². The van der Waals surface area contributed by atoms with Gasteiger partial charge in [-0.1, -0.05) is 27.2 Å². The van der Waals surface area contributed by atoms with Gasteiger partial charge in [-0.05, 0) is 19.3 Å². The van der Waals surface area contributed by atoms with Crippen LogP contribution in [-0.4, -0.2) is 15.4 Å². The lowest BCUT2D eigenvalue weighted by Crippen LogP contribution is -2.28.